The van der Waals surface area contributed by atoms with E-state index >= 15 is 0 Å². The zero-order valence-corrected chi connectivity index (χ0v) is 42.3. The summed E-state index contributed by atoms with van der Waals surface area (Å²) >= 11 is 0. The molecule has 0 unspecified atom stereocenters. The number of rotatable bonds is 32. The Balaban J connectivity index is 0.000000427. The maximum absolute atomic E-state index is 11.5. The SMILES string of the molecule is CCCCCCCCCCCCCCc1ccccc1Oc1ccccc1S(=O)(=O)[O-].CCCCCCCCCCCCCCc1ccccc1Oc1ccccc1S(=O)(=O)[O-].[Ca+2]. The summed E-state index contributed by atoms with van der Waals surface area (Å²) in [5, 5.41) is 0. The number of hydrogen-bond acceptors (Lipinski definition) is 8. The molecule has 4 rings (SSSR count). The first-order chi connectivity index (χ1) is 30.0. The van der Waals surface area contributed by atoms with E-state index in [0.29, 0.717) is 11.5 Å². The van der Waals surface area contributed by atoms with E-state index in [1.165, 1.54) is 178 Å². The minimum atomic E-state index is -4.58. The fraction of sp³-hybridized carbons (Fsp3) is 0.538. The van der Waals surface area contributed by atoms with Gasteiger partial charge in [-0.3, -0.25) is 0 Å². The van der Waals surface area contributed by atoms with E-state index in [2.05, 4.69) is 13.8 Å². The van der Waals surface area contributed by atoms with Crippen LogP contribution >= 0.6 is 0 Å². The Morgan fingerprint density at radius 1 is 0.349 bits per heavy atom. The molecule has 4 aromatic carbocycles. The van der Waals surface area contributed by atoms with E-state index in [0.717, 1.165) is 36.8 Å². The molecule has 0 aliphatic rings. The molecule has 0 heterocycles. The van der Waals surface area contributed by atoms with Gasteiger partial charge in [0.1, 0.15) is 43.2 Å². The Labute approximate surface area is 411 Å². The second kappa shape index (κ2) is 34.0. The standard InChI is InChI=1S/2C26H38O4S.Ca/c2*1-2-3-4-5-6-7-8-9-10-11-12-13-18-23-19-14-15-20-24(23)30-25-21-16-17-22-26(25)31(27,28)29;/h2*14-17,19-22H,2-13,18H2,1H3,(H,27,28,29);/q;;+2/p-2. The van der Waals surface area contributed by atoms with Gasteiger partial charge in [0.2, 0.25) is 0 Å². The zero-order chi connectivity index (χ0) is 44.7. The van der Waals surface area contributed by atoms with Crippen LogP contribution in [0.25, 0.3) is 0 Å². The van der Waals surface area contributed by atoms with Crippen LogP contribution in [0, 0.1) is 0 Å². The average Bonchev–Trinajstić information content (AvgIpc) is 3.25. The molecule has 0 radical (unpaired) electrons. The van der Waals surface area contributed by atoms with Crippen LogP contribution in [0.15, 0.2) is 107 Å². The molecule has 0 saturated heterocycles. The van der Waals surface area contributed by atoms with E-state index in [1.807, 2.05) is 48.5 Å². The van der Waals surface area contributed by atoms with Crippen molar-refractivity contribution in [3.8, 4) is 23.0 Å². The number of hydrogen-bond donors (Lipinski definition) is 0. The van der Waals surface area contributed by atoms with Crippen molar-refractivity contribution in [3.63, 3.8) is 0 Å². The summed E-state index contributed by atoms with van der Waals surface area (Å²) in [5.74, 6) is 1.39. The summed E-state index contributed by atoms with van der Waals surface area (Å²) in [6, 6.07) is 27.3. The summed E-state index contributed by atoms with van der Waals surface area (Å²) in [5.41, 5.74) is 2.07. The van der Waals surface area contributed by atoms with Crippen LogP contribution in [0.5, 0.6) is 23.0 Å². The predicted molar refractivity (Wildman–Crippen MR) is 257 cm³/mol. The molecule has 0 fully saturated rings. The first-order valence-corrected chi connectivity index (χ1v) is 26.5. The van der Waals surface area contributed by atoms with E-state index in [-0.39, 0.29) is 59.0 Å². The third kappa shape index (κ3) is 24.6. The van der Waals surface area contributed by atoms with Gasteiger partial charge >= 0.3 is 37.7 Å². The summed E-state index contributed by atoms with van der Waals surface area (Å²) in [6.07, 6.45) is 33.1. The Bertz CT molecular complexity index is 1870. The molecule has 344 valence electrons. The van der Waals surface area contributed by atoms with E-state index in [9.17, 15) is 25.9 Å². The van der Waals surface area contributed by atoms with Gasteiger partial charge in [0.15, 0.2) is 0 Å². The fourth-order valence-electron chi connectivity index (χ4n) is 7.65. The van der Waals surface area contributed by atoms with Crippen molar-refractivity contribution in [2.24, 2.45) is 0 Å². The summed E-state index contributed by atoms with van der Waals surface area (Å²) in [4.78, 5) is -0.648. The first-order valence-electron chi connectivity index (χ1n) is 23.7. The minimum absolute atomic E-state index is 0. The van der Waals surface area contributed by atoms with Gasteiger partial charge in [-0.25, -0.2) is 16.8 Å². The second-order valence-electron chi connectivity index (χ2n) is 16.5. The molecule has 0 saturated carbocycles. The average molecular weight is 931 g/mol. The maximum Gasteiger partial charge on any atom is 2.00 e. The molecule has 4 aromatic rings. The van der Waals surface area contributed by atoms with E-state index in [1.54, 1.807) is 12.1 Å². The molecule has 0 aliphatic carbocycles. The van der Waals surface area contributed by atoms with Crippen LogP contribution in [-0.2, 0) is 33.1 Å². The zero-order valence-electron chi connectivity index (χ0n) is 38.4. The van der Waals surface area contributed by atoms with Crippen molar-refractivity contribution in [1.82, 2.24) is 0 Å². The van der Waals surface area contributed by atoms with E-state index < -0.39 is 20.2 Å². The second-order valence-corrected chi connectivity index (χ2v) is 19.2. The molecule has 0 atom stereocenters. The van der Waals surface area contributed by atoms with Gasteiger partial charge in [-0.1, -0.05) is 216 Å². The molecule has 0 spiro atoms. The van der Waals surface area contributed by atoms with E-state index in [4.69, 9.17) is 9.47 Å². The predicted octanol–water partition coefficient (Wildman–Crippen LogP) is 14.9. The molecule has 63 heavy (non-hydrogen) atoms. The molecule has 8 nitrogen and oxygen atoms in total. The quantitative estimate of drug-likeness (QED) is 0.0269. The molecule has 11 heteroatoms. The number of benzene rings is 4. The van der Waals surface area contributed by atoms with Crippen LogP contribution < -0.4 is 9.47 Å². The minimum Gasteiger partial charge on any atom is -0.744 e. The van der Waals surface area contributed by atoms with Crippen molar-refractivity contribution < 1.29 is 35.4 Å². The molecular weight excluding hydrogens is 857 g/mol. The topological polar surface area (TPSA) is 133 Å². The monoisotopic (exact) mass is 930 g/mol. The number of ether oxygens (including phenoxy) is 2. The normalized spacial score (nSPS) is 11.4. The molecule has 0 aromatic heterocycles. The Morgan fingerprint density at radius 2 is 0.587 bits per heavy atom. The smallest absolute Gasteiger partial charge is 0.744 e. The van der Waals surface area contributed by atoms with Gasteiger partial charge < -0.3 is 18.6 Å². The van der Waals surface area contributed by atoms with Gasteiger partial charge in [0.05, 0.1) is 9.79 Å². The van der Waals surface area contributed by atoms with Crippen molar-refractivity contribution in [2.75, 3.05) is 0 Å². The Hall–Kier alpha value is -2.44. The van der Waals surface area contributed by atoms with Crippen molar-refractivity contribution in [3.05, 3.63) is 108 Å². The van der Waals surface area contributed by atoms with Crippen LogP contribution in [0.4, 0.5) is 0 Å². The fourth-order valence-corrected chi connectivity index (χ4v) is 8.85. The van der Waals surface area contributed by atoms with Crippen molar-refractivity contribution in [1.29, 1.82) is 0 Å². The van der Waals surface area contributed by atoms with Gasteiger partial charge in [-0.15, -0.1) is 0 Å². The van der Waals surface area contributed by atoms with Crippen LogP contribution in [-0.4, -0.2) is 63.7 Å². The van der Waals surface area contributed by atoms with Crippen LogP contribution in [0.2, 0.25) is 0 Å². The molecule has 0 N–H and O–H groups in total. The largest absolute Gasteiger partial charge is 2.00 e. The Morgan fingerprint density at radius 3 is 0.873 bits per heavy atom. The number of unbranched alkanes of at least 4 members (excludes halogenated alkanes) is 22. The van der Waals surface area contributed by atoms with Crippen molar-refractivity contribution >= 4 is 58.0 Å². The van der Waals surface area contributed by atoms with Gasteiger partial charge in [-0.05, 0) is 73.2 Å². The van der Waals surface area contributed by atoms with Gasteiger partial charge in [0, 0.05) is 0 Å². The van der Waals surface area contributed by atoms with Crippen LogP contribution in [0.3, 0.4) is 0 Å². The molecular formula is C52H74CaO8S2. The van der Waals surface area contributed by atoms with Crippen LogP contribution in [0.1, 0.15) is 179 Å². The summed E-state index contributed by atoms with van der Waals surface area (Å²) < 4.78 is 80.6. The molecule has 0 amide bonds. The third-order valence-corrected chi connectivity index (χ3v) is 13.0. The van der Waals surface area contributed by atoms with Crippen molar-refractivity contribution in [2.45, 2.75) is 191 Å². The molecule has 0 aliphatic heterocycles. The summed E-state index contributed by atoms with van der Waals surface area (Å²) in [7, 11) is -9.16. The first kappa shape index (κ1) is 56.7. The maximum atomic E-state index is 11.5. The van der Waals surface area contributed by atoms with Gasteiger partial charge in [-0.2, -0.15) is 0 Å². The van der Waals surface area contributed by atoms with Gasteiger partial charge in [0.25, 0.3) is 0 Å². The molecule has 0 bridgehead atoms. The third-order valence-electron chi connectivity index (χ3n) is 11.2. The number of aryl methyl sites for hydroxylation is 2. The Kier molecular flexibility index (Phi) is 30.6. The summed E-state index contributed by atoms with van der Waals surface area (Å²) in [6.45, 7) is 4.51. The number of para-hydroxylation sites is 4.